The van der Waals surface area contributed by atoms with E-state index in [0.717, 1.165) is 18.8 Å². The molecule has 0 radical (unpaired) electrons. The Bertz CT molecular complexity index is 653. The van der Waals surface area contributed by atoms with Crippen LogP contribution in [0.15, 0.2) is 48.5 Å². The molecule has 3 atom stereocenters. The van der Waals surface area contributed by atoms with Gasteiger partial charge in [0.2, 0.25) is 0 Å². The molecule has 3 heteroatoms. The van der Waals surface area contributed by atoms with E-state index in [2.05, 4.69) is 41.7 Å². The fraction of sp³-hybridized carbons (Fsp3) is 0.368. The topological polar surface area (TPSA) is 30.5 Å². The standard InChI is InChI=1S/C19H21NO2/c1-21-14-10-8-13(9-11-14)18-16-6-4-12-22-19(16)15-5-2-3-7-17(15)20-18/h2-3,5,7-11,16,18-20H,4,6,12H2,1H3/t16-,18-,19+/m0/s1. The summed E-state index contributed by atoms with van der Waals surface area (Å²) in [4.78, 5) is 0. The van der Waals surface area contributed by atoms with E-state index in [9.17, 15) is 0 Å². The average molecular weight is 295 g/mol. The molecule has 4 rings (SSSR count). The van der Waals surface area contributed by atoms with Gasteiger partial charge in [0, 0.05) is 23.8 Å². The first kappa shape index (κ1) is 13.6. The van der Waals surface area contributed by atoms with E-state index in [1.807, 2.05) is 12.1 Å². The first-order valence-electron chi connectivity index (χ1n) is 7.98. The summed E-state index contributed by atoms with van der Waals surface area (Å²) < 4.78 is 11.4. The number of benzene rings is 2. The van der Waals surface area contributed by atoms with Crippen LogP contribution < -0.4 is 10.1 Å². The minimum Gasteiger partial charge on any atom is -0.497 e. The summed E-state index contributed by atoms with van der Waals surface area (Å²) in [5, 5.41) is 3.73. The second kappa shape index (κ2) is 5.65. The molecule has 0 bridgehead atoms. The van der Waals surface area contributed by atoms with Crippen molar-refractivity contribution < 1.29 is 9.47 Å². The lowest BCUT2D eigenvalue weighted by atomic mass is 9.77. The monoisotopic (exact) mass is 295 g/mol. The zero-order chi connectivity index (χ0) is 14.9. The van der Waals surface area contributed by atoms with Crippen molar-refractivity contribution in [1.82, 2.24) is 0 Å². The number of fused-ring (bicyclic) bond motifs is 3. The Morgan fingerprint density at radius 1 is 1.09 bits per heavy atom. The van der Waals surface area contributed by atoms with E-state index in [-0.39, 0.29) is 6.10 Å². The van der Waals surface area contributed by atoms with Crippen molar-refractivity contribution in [3.63, 3.8) is 0 Å². The zero-order valence-corrected chi connectivity index (χ0v) is 12.8. The maximum atomic E-state index is 6.14. The Hall–Kier alpha value is -2.00. The van der Waals surface area contributed by atoms with E-state index in [1.165, 1.54) is 23.2 Å². The highest BCUT2D eigenvalue weighted by molar-refractivity contribution is 5.57. The summed E-state index contributed by atoms with van der Waals surface area (Å²) in [5.74, 6) is 1.38. The van der Waals surface area contributed by atoms with Crippen LogP contribution in [0.4, 0.5) is 5.69 Å². The predicted octanol–water partition coefficient (Wildman–Crippen LogP) is 4.33. The van der Waals surface area contributed by atoms with E-state index in [1.54, 1.807) is 7.11 Å². The fourth-order valence-corrected chi connectivity index (χ4v) is 3.76. The highest BCUT2D eigenvalue weighted by atomic mass is 16.5. The molecular weight excluding hydrogens is 274 g/mol. The van der Waals surface area contributed by atoms with Crippen LogP contribution in [0.25, 0.3) is 0 Å². The number of rotatable bonds is 2. The van der Waals surface area contributed by atoms with Gasteiger partial charge in [0.15, 0.2) is 0 Å². The van der Waals surface area contributed by atoms with Gasteiger partial charge in [-0.1, -0.05) is 30.3 Å². The van der Waals surface area contributed by atoms with Gasteiger partial charge < -0.3 is 14.8 Å². The molecule has 2 heterocycles. The van der Waals surface area contributed by atoms with Gasteiger partial charge in [0.05, 0.1) is 19.3 Å². The summed E-state index contributed by atoms with van der Waals surface area (Å²) in [7, 11) is 1.70. The van der Waals surface area contributed by atoms with Crippen LogP contribution in [0.5, 0.6) is 5.75 Å². The number of para-hydroxylation sites is 1. The number of anilines is 1. The number of ether oxygens (including phenoxy) is 2. The van der Waals surface area contributed by atoms with Crippen molar-refractivity contribution in [2.75, 3.05) is 19.0 Å². The van der Waals surface area contributed by atoms with Crippen molar-refractivity contribution in [1.29, 1.82) is 0 Å². The number of methoxy groups -OCH3 is 1. The highest BCUT2D eigenvalue weighted by Crippen LogP contribution is 2.48. The summed E-state index contributed by atoms with van der Waals surface area (Å²) in [6.07, 6.45) is 2.54. The number of hydrogen-bond acceptors (Lipinski definition) is 3. The minimum absolute atomic E-state index is 0.207. The number of nitrogens with one attached hydrogen (secondary N) is 1. The fourth-order valence-electron chi connectivity index (χ4n) is 3.76. The van der Waals surface area contributed by atoms with Crippen LogP contribution in [-0.2, 0) is 4.74 Å². The first-order valence-corrected chi connectivity index (χ1v) is 7.98. The van der Waals surface area contributed by atoms with E-state index >= 15 is 0 Å². The molecule has 0 spiro atoms. The maximum absolute atomic E-state index is 6.14. The van der Waals surface area contributed by atoms with Gasteiger partial charge in [-0.05, 0) is 36.6 Å². The lowest BCUT2D eigenvalue weighted by Gasteiger charge is -2.43. The SMILES string of the molecule is COc1ccc([C@@H]2Nc3ccccc3[C@H]3OCCC[C@H]32)cc1. The normalized spacial score (nSPS) is 26.5. The molecule has 2 aromatic rings. The largest absolute Gasteiger partial charge is 0.497 e. The second-order valence-electron chi connectivity index (χ2n) is 6.08. The van der Waals surface area contributed by atoms with Crippen LogP contribution in [0.1, 0.15) is 36.1 Å². The Morgan fingerprint density at radius 3 is 2.73 bits per heavy atom. The molecule has 2 aromatic carbocycles. The molecule has 22 heavy (non-hydrogen) atoms. The Morgan fingerprint density at radius 2 is 1.91 bits per heavy atom. The summed E-state index contributed by atoms with van der Waals surface area (Å²) in [6.45, 7) is 0.866. The summed E-state index contributed by atoms with van der Waals surface area (Å²) >= 11 is 0. The van der Waals surface area contributed by atoms with E-state index < -0.39 is 0 Å². The lowest BCUT2D eigenvalue weighted by molar-refractivity contribution is -0.0381. The van der Waals surface area contributed by atoms with Crippen molar-refractivity contribution in [2.24, 2.45) is 5.92 Å². The molecule has 1 N–H and O–H groups in total. The van der Waals surface area contributed by atoms with Gasteiger partial charge in [-0.15, -0.1) is 0 Å². The first-order chi connectivity index (χ1) is 10.9. The van der Waals surface area contributed by atoms with Crippen LogP contribution in [-0.4, -0.2) is 13.7 Å². The van der Waals surface area contributed by atoms with Gasteiger partial charge in [-0.3, -0.25) is 0 Å². The quantitative estimate of drug-likeness (QED) is 0.894. The molecule has 114 valence electrons. The molecule has 2 aliphatic heterocycles. The second-order valence-corrected chi connectivity index (χ2v) is 6.08. The van der Waals surface area contributed by atoms with Crippen molar-refractivity contribution in [3.05, 3.63) is 59.7 Å². The van der Waals surface area contributed by atoms with Crippen LogP contribution >= 0.6 is 0 Å². The molecule has 0 saturated carbocycles. The van der Waals surface area contributed by atoms with Crippen LogP contribution in [0, 0.1) is 5.92 Å². The van der Waals surface area contributed by atoms with Crippen LogP contribution in [0.2, 0.25) is 0 Å². The third-order valence-corrected chi connectivity index (χ3v) is 4.85. The lowest BCUT2D eigenvalue weighted by Crippen LogP contribution is -2.35. The summed E-state index contributed by atoms with van der Waals surface area (Å²) in [6, 6.07) is 17.2. The van der Waals surface area contributed by atoms with Gasteiger partial charge in [-0.25, -0.2) is 0 Å². The van der Waals surface area contributed by atoms with Gasteiger partial charge >= 0.3 is 0 Å². The molecule has 2 aliphatic rings. The van der Waals surface area contributed by atoms with Gasteiger partial charge in [0.1, 0.15) is 5.75 Å². The summed E-state index contributed by atoms with van der Waals surface area (Å²) in [5.41, 5.74) is 3.80. The molecule has 1 fully saturated rings. The third-order valence-electron chi connectivity index (χ3n) is 4.85. The Labute approximate surface area is 131 Å². The third kappa shape index (κ3) is 2.26. The Balaban J connectivity index is 1.72. The highest BCUT2D eigenvalue weighted by Gasteiger charge is 2.39. The zero-order valence-electron chi connectivity index (χ0n) is 12.8. The van der Waals surface area contributed by atoms with Crippen molar-refractivity contribution in [3.8, 4) is 5.75 Å². The van der Waals surface area contributed by atoms with E-state index in [0.29, 0.717) is 12.0 Å². The smallest absolute Gasteiger partial charge is 0.118 e. The van der Waals surface area contributed by atoms with Crippen LogP contribution in [0.3, 0.4) is 0 Å². The molecule has 0 unspecified atom stereocenters. The predicted molar refractivity (Wildman–Crippen MR) is 87.2 cm³/mol. The molecule has 1 saturated heterocycles. The van der Waals surface area contributed by atoms with Crippen molar-refractivity contribution in [2.45, 2.75) is 25.0 Å². The van der Waals surface area contributed by atoms with Gasteiger partial charge in [0.25, 0.3) is 0 Å². The molecular formula is C19H21NO2. The Kier molecular flexibility index (Phi) is 3.51. The average Bonchev–Trinajstić information content (AvgIpc) is 2.61. The maximum Gasteiger partial charge on any atom is 0.118 e. The van der Waals surface area contributed by atoms with Gasteiger partial charge in [-0.2, -0.15) is 0 Å². The van der Waals surface area contributed by atoms with Crippen molar-refractivity contribution >= 4 is 5.69 Å². The molecule has 0 amide bonds. The molecule has 0 aliphatic carbocycles. The van der Waals surface area contributed by atoms with E-state index in [4.69, 9.17) is 9.47 Å². The minimum atomic E-state index is 0.207. The molecule has 3 nitrogen and oxygen atoms in total. The number of hydrogen-bond donors (Lipinski definition) is 1. The molecule has 0 aromatic heterocycles.